The van der Waals surface area contributed by atoms with Crippen LogP contribution in [0.25, 0.3) is 5.57 Å². The molecule has 0 saturated heterocycles. The van der Waals surface area contributed by atoms with E-state index in [1.54, 1.807) is 0 Å². The highest BCUT2D eigenvalue weighted by Crippen LogP contribution is 2.46. The molecule has 2 aliphatic carbocycles. The molecule has 4 heteroatoms. The Morgan fingerprint density at radius 1 is 1.20 bits per heavy atom. The summed E-state index contributed by atoms with van der Waals surface area (Å²) >= 11 is 0. The second-order valence-corrected chi connectivity index (χ2v) is 5.61. The van der Waals surface area contributed by atoms with Crippen molar-refractivity contribution in [3.63, 3.8) is 0 Å². The first-order valence-electron chi connectivity index (χ1n) is 6.87. The molecule has 2 aliphatic rings. The maximum atomic E-state index is 12.2. The Morgan fingerprint density at radius 2 is 1.85 bits per heavy atom. The second kappa shape index (κ2) is 4.78. The maximum absolute atomic E-state index is 12.2. The normalized spacial score (nSPS) is 27.8. The van der Waals surface area contributed by atoms with Crippen LogP contribution in [0.5, 0.6) is 0 Å². The molecular weight excluding hydrogens is 254 g/mol. The molecule has 0 spiro atoms. The van der Waals surface area contributed by atoms with Crippen LogP contribution >= 0.6 is 0 Å². The Bertz CT molecular complexity index is 585. The second-order valence-electron chi connectivity index (χ2n) is 5.61. The lowest BCUT2D eigenvalue weighted by Gasteiger charge is -2.33. The summed E-state index contributed by atoms with van der Waals surface area (Å²) < 4.78 is 0. The van der Waals surface area contributed by atoms with Gasteiger partial charge in [-0.3, -0.25) is 9.59 Å². The van der Waals surface area contributed by atoms with Crippen LogP contribution in [0.1, 0.15) is 25.3 Å². The summed E-state index contributed by atoms with van der Waals surface area (Å²) in [5.74, 6) is -1.17. The minimum Gasteiger partial charge on any atom is -0.481 e. The van der Waals surface area contributed by atoms with Gasteiger partial charge in [0.05, 0.1) is 11.8 Å². The molecule has 3 rings (SSSR count). The van der Waals surface area contributed by atoms with Gasteiger partial charge in [-0.1, -0.05) is 35.9 Å². The first-order valence-corrected chi connectivity index (χ1v) is 6.87. The molecule has 0 aliphatic heterocycles. The van der Waals surface area contributed by atoms with E-state index in [1.807, 2.05) is 37.3 Å². The highest BCUT2D eigenvalue weighted by Gasteiger charge is 2.42. The molecule has 1 aromatic carbocycles. The number of hydrogen-bond donors (Lipinski definition) is 2. The van der Waals surface area contributed by atoms with Gasteiger partial charge in [-0.25, -0.2) is 0 Å². The fraction of sp³-hybridized carbons (Fsp3) is 0.375. The third-order valence-electron chi connectivity index (χ3n) is 4.24. The topological polar surface area (TPSA) is 66.4 Å². The van der Waals surface area contributed by atoms with E-state index in [0.717, 1.165) is 16.7 Å². The summed E-state index contributed by atoms with van der Waals surface area (Å²) in [6, 6.07) is 9.93. The van der Waals surface area contributed by atoms with Crippen molar-refractivity contribution in [3.8, 4) is 0 Å². The molecule has 0 bridgehead atoms. The third kappa shape index (κ3) is 2.22. The number of aliphatic carboxylic acids is 1. The van der Waals surface area contributed by atoms with Crippen molar-refractivity contribution in [1.82, 2.24) is 5.32 Å². The van der Waals surface area contributed by atoms with E-state index in [4.69, 9.17) is 5.11 Å². The highest BCUT2D eigenvalue weighted by molar-refractivity contribution is 6.06. The zero-order valence-corrected chi connectivity index (χ0v) is 11.3. The first kappa shape index (κ1) is 12.9. The third-order valence-corrected chi connectivity index (χ3v) is 4.24. The number of carboxylic acids is 1. The molecule has 20 heavy (non-hydrogen) atoms. The Morgan fingerprint density at radius 3 is 2.45 bits per heavy atom. The van der Waals surface area contributed by atoms with E-state index in [9.17, 15) is 9.59 Å². The van der Waals surface area contributed by atoms with Crippen LogP contribution < -0.4 is 5.32 Å². The fourth-order valence-electron chi connectivity index (χ4n) is 2.89. The van der Waals surface area contributed by atoms with E-state index in [-0.39, 0.29) is 23.8 Å². The summed E-state index contributed by atoms with van der Waals surface area (Å²) in [5.41, 5.74) is 3.32. The van der Waals surface area contributed by atoms with Crippen molar-refractivity contribution < 1.29 is 14.7 Å². The van der Waals surface area contributed by atoms with Crippen LogP contribution in [0.15, 0.2) is 35.9 Å². The first-order chi connectivity index (χ1) is 9.58. The summed E-state index contributed by atoms with van der Waals surface area (Å²) in [4.78, 5) is 22.9. The lowest BCUT2D eigenvalue weighted by molar-refractivity contribution is -0.146. The van der Waals surface area contributed by atoms with Gasteiger partial charge >= 0.3 is 5.97 Å². The van der Waals surface area contributed by atoms with Gasteiger partial charge in [0.2, 0.25) is 5.91 Å². The quantitative estimate of drug-likeness (QED) is 0.881. The Hall–Kier alpha value is -2.10. The number of nitrogens with one attached hydrogen (secondary N) is 1. The number of carboxylic acid groups (broad SMARTS) is 1. The van der Waals surface area contributed by atoms with Crippen molar-refractivity contribution in [3.05, 3.63) is 41.5 Å². The monoisotopic (exact) mass is 271 g/mol. The van der Waals surface area contributed by atoms with Gasteiger partial charge in [-0.15, -0.1) is 0 Å². The van der Waals surface area contributed by atoms with Crippen LogP contribution in [0, 0.1) is 11.8 Å². The summed E-state index contributed by atoms with van der Waals surface area (Å²) in [5, 5.41) is 11.8. The fourth-order valence-corrected chi connectivity index (χ4v) is 2.89. The van der Waals surface area contributed by atoms with Crippen molar-refractivity contribution in [1.29, 1.82) is 0 Å². The van der Waals surface area contributed by atoms with Gasteiger partial charge in [0.1, 0.15) is 0 Å². The Balaban J connectivity index is 1.55. The van der Waals surface area contributed by atoms with Gasteiger partial charge < -0.3 is 10.4 Å². The van der Waals surface area contributed by atoms with Crippen molar-refractivity contribution >= 4 is 17.4 Å². The van der Waals surface area contributed by atoms with Crippen LogP contribution in [-0.4, -0.2) is 23.0 Å². The lowest BCUT2D eigenvalue weighted by Crippen LogP contribution is -2.47. The van der Waals surface area contributed by atoms with Crippen LogP contribution in [0.4, 0.5) is 0 Å². The average molecular weight is 271 g/mol. The molecule has 0 heterocycles. The molecule has 1 aromatic rings. The zero-order chi connectivity index (χ0) is 14.3. The van der Waals surface area contributed by atoms with E-state index in [2.05, 4.69) is 5.32 Å². The number of benzene rings is 1. The predicted octanol–water partition coefficient (Wildman–Crippen LogP) is 2.07. The van der Waals surface area contributed by atoms with E-state index < -0.39 is 5.97 Å². The molecule has 104 valence electrons. The van der Waals surface area contributed by atoms with Gasteiger partial charge in [0, 0.05) is 6.04 Å². The Labute approximate surface area is 117 Å². The maximum Gasteiger partial charge on any atom is 0.306 e. The Kier molecular flexibility index (Phi) is 3.08. The van der Waals surface area contributed by atoms with Crippen LogP contribution in [0.2, 0.25) is 0 Å². The van der Waals surface area contributed by atoms with E-state index >= 15 is 0 Å². The van der Waals surface area contributed by atoms with Crippen molar-refractivity contribution in [2.75, 3.05) is 0 Å². The van der Waals surface area contributed by atoms with Gasteiger partial charge in [0.15, 0.2) is 0 Å². The summed E-state index contributed by atoms with van der Waals surface area (Å²) in [6.45, 7) is 1.98. The van der Waals surface area contributed by atoms with Gasteiger partial charge in [-0.2, -0.15) is 0 Å². The van der Waals surface area contributed by atoms with Gasteiger partial charge in [-0.05, 0) is 30.9 Å². The number of amides is 1. The molecule has 1 saturated carbocycles. The molecule has 4 nitrogen and oxygen atoms in total. The molecule has 1 atom stereocenters. The lowest BCUT2D eigenvalue weighted by atomic mass is 9.80. The molecule has 0 radical (unpaired) electrons. The zero-order valence-electron chi connectivity index (χ0n) is 11.3. The van der Waals surface area contributed by atoms with Crippen molar-refractivity contribution in [2.24, 2.45) is 11.8 Å². The number of hydrogen-bond acceptors (Lipinski definition) is 2. The van der Waals surface area contributed by atoms with E-state index in [1.165, 1.54) is 0 Å². The van der Waals surface area contributed by atoms with Crippen LogP contribution in [0.3, 0.4) is 0 Å². The smallest absolute Gasteiger partial charge is 0.306 e. The molecule has 1 amide bonds. The summed E-state index contributed by atoms with van der Waals surface area (Å²) in [7, 11) is 0. The van der Waals surface area contributed by atoms with Crippen LogP contribution in [-0.2, 0) is 9.59 Å². The molecule has 2 N–H and O–H groups in total. The highest BCUT2D eigenvalue weighted by atomic mass is 16.4. The minimum absolute atomic E-state index is 0.00944. The molecule has 1 fully saturated rings. The molecule has 1 unspecified atom stereocenters. The number of carbonyl (C=O) groups is 2. The largest absolute Gasteiger partial charge is 0.481 e. The average Bonchev–Trinajstić information content (AvgIpc) is 3.05. The van der Waals surface area contributed by atoms with E-state index in [0.29, 0.717) is 12.8 Å². The van der Waals surface area contributed by atoms with Gasteiger partial charge in [0.25, 0.3) is 0 Å². The summed E-state index contributed by atoms with van der Waals surface area (Å²) in [6.07, 6.45) is 1.10. The molecule has 0 aromatic heterocycles. The number of carbonyl (C=O) groups excluding carboxylic acids is 1. The van der Waals surface area contributed by atoms with Crippen molar-refractivity contribution in [2.45, 2.75) is 25.8 Å². The number of rotatable bonds is 4. The standard InChI is InChI=1S/C16H17NO3/c1-9-13(10-5-3-2-4-6-10)14(9)15(18)17-12-7-11(8-12)16(19)20/h2-6,11-12,14H,7-8H2,1H3,(H,17,18)(H,19,20). The SMILES string of the molecule is CC1=C(c2ccccc2)C1C(=O)NC1CC(C(=O)O)C1. The minimum atomic E-state index is -0.763. The predicted molar refractivity (Wildman–Crippen MR) is 74.8 cm³/mol. The molecular formula is C16H17NO3.